The molecule has 0 atom stereocenters. The Bertz CT molecular complexity index is 391. The van der Waals surface area contributed by atoms with Crippen LogP contribution in [0.15, 0.2) is 48.5 Å². The fraction of sp³-hybridized carbons (Fsp3) is 0. The van der Waals surface area contributed by atoms with Crippen LogP contribution in [0.25, 0.3) is 0 Å². The molecule has 0 unspecified atom stereocenters. The van der Waals surface area contributed by atoms with Crippen LogP contribution in [0, 0.1) is 0 Å². The molecule has 3 heteroatoms. The first kappa shape index (κ1) is 9.71. The molecule has 0 aliphatic carbocycles. The maximum absolute atomic E-state index is 5.63. The van der Waals surface area contributed by atoms with E-state index >= 15 is 0 Å². The molecule has 0 aliphatic rings. The van der Waals surface area contributed by atoms with Crippen LogP contribution in [0.1, 0.15) is 0 Å². The van der Waals surface area contributed by atoms with Crippen molar-refractivity contribution < 1.29 is 16.2 Å². The molecule has 0 radical (unpaired) electrons. The van der Waals surface area contributed by atoms with Gasteiger partial charge in [-0.1, -0.05) is 0 Å². The Morgan fingerprint density at radius 2 is 0.933 bits per heavy atom. The molecule has 2 aromatic rings. The Balaban J connectivity index is 2.15. The van der Waals surface area contributed by atoms with Crippen molar-refractivity contribution in [2.75, 3.05) is 0 Å². The number of quaternary nitrogens is 2. The number of benzene rings is 2. The van der Waals surface area contributed by atoms with Gasteiger partial charge in [-0.3, -0.25) is 0 Å². The molecule has 0 fully saturated rings. The van der Waals surface area contributed by atoms with Crippen LogP contribution in [0.5, 0.6) is 11.5 Å². The van der Waals surface area contributed by atoms with Gasteiger partial charge in [-0.25, -0.2) is 0 Å². The highest BCUT2D eigenvalue weighted by Crippen LogP contribution is 2.22. The second-order valence-electron chi connectivity index (χ2n) is 3.39. The van der Waals surface area contributed by atoms with Gasteiger partial charge in [0.15, 0.2) is 0 Å². The molecule has 2 rings (SSSR count). The molecule has 0 aliphatic heterocycles. The Kier molecular flexibility index (Phi) is 2.67. The fourth-order valence-electron chi connectivity index (χ4n) is 1.25. The Morgan fingerprint density at radius 3 is 1.27 bits per heavy atom. The van der Waals surface area contributed by atoms with Crippen molar-refractivity contribution in [2.24, 2.45) is 0 Å². The molecule has 76 valence electrons. The van der Waals surface area contributed by atoms with E-state index in [1.807, 2.05) is 48.5 Å². The monoisotopic (exact) mass is 202 g/mol. The Morgan fingerprint density at radius 1 is 0.600 bits per heavy atom. The normalized spacial score (nSPS) is 10.0. The summed E-state index contributed by atoms with van der Waals surface area (Å²) >= 11 is 0. The van der Waals surface area contributed by atoms with E-state index in [0.29, 0.717) is 0 Å². The topological polar surface area (TPSA) is 64.5 Å². The second kappa shape index (κ2) is 4.13. The van der Waals surface area contributed by atoms with E-state index in [1.165, 1.54) is 0 Å². The van der Waals surface area contributed by atoms with Crippen LogP contribution in [0.3, 0.4) is 0 Å². The first-order chi connectivity index (χ1) is 7.24. The van der Waals surface area contributed by atoms with E-state index in [-0.39, 0.29) is 0 Å². The quantitative estimate of drug-likeness (QED) is 0.755. The van der Waals surface area contributed by atoms with Gasteiger partial charge in [-0.15, -0.1) is 0 Å². The lowest BCUT2D eigenvalue weighted by atomic mass is 10.3. The summed E-state index contributed by atoms with van der Waals surface area (Å²) in [6.45, 7) is 0. The number of hydrogen-bond acceptors (Lipinski definition) is 1. The summed E-state index contributed by atoms with van der Waals surface area (Å²) in [5.41, 5.74) is 9.60. The zero-order valence-electron chi connectivity index (χ0n) is 8.44. The summed E-state index contributed by atoms with van der Waals surface area (Å²) in [6, 6.07) is 15.3. The molecular formula is C12H14N2O+2. The summed E-state index contributed by atoms with van der Waals surface area (Å²) in [7, 11) is 0. The molecular weight excluding hydrogens is 188 g/mol. The standard InChI is InChI=1S/C12H12N2O/c13-9-1-5-11(6-2-9)15-12-7-3-10(14)4-8-12/h1-8H,13-14H2/p+2. The molecule has 0 heterocycles. The van der Waals surface area contributed by atoms with E-state index in [0.717, 1.165) is 22.9 Å². The van der Waals surface area contributed by atoms with Crippen molar-refractivity contribution >= 4 is 11.4 Å². The van der Waals surface area contributed by atoms with Gasteiger partial charge in [0.05, 0.1) is 0 Å². The van der Waals surface area contributed by atoms with Crippen LogP contribution in [0.4, 0.5) is 11.4 Å². The minimum Gasteiger partial charge on any atom is -0.457 e. The SMILES string of the molecule is [NH3+]c1ccc(Oc2ccc([NH3+])cc2)cc1. The molecule has 0 spiro atoms. The summed E-state index contributed by atoms with van der Waals surface area (Å²) in [5, 5.41) is 0. The minimum absolute atomic E-state index is 0.819. The zero-order valence-corrected chi connectivity index (χ0v) is 8.44. The third-order valence-electron chi connectivity index (χ3n) is 2.08. The molecule has 3 nitrogen and oxygen atoms in total. The highest BCUT2D eigenvalue weighted by Gasteiger charge is 1.97. The number of hydrogen-bond donors (Lipinski definition) is 2. The molecule has 0 saturated carbocycles. The predicted octanol–water partition coefficient (Wildman–Crippen LogP) is 1.23. The fourth-order valence-corrected chi connectivity index (χ4v) is 1.25. The van der Waals surface area contributed by atoms with Crippen LogP contribution >= 0.6 is 0 Å². The highest BCUT2D eigenvalue weighted by molar-refractivity contribution is 5.40. The molecule has 0 saturated heterocycles. The van der Waals surface area contributed by atoms with E-state index in [9.17, 15) is 0 Å². The van der Waals surface area contributed by atoms with Crippen molar-refractivity contribution in [3.63, 3.8) is 0 Å². The molecule has 2 aromatic carbocycles. The van der Waals surface area contributed by atoms with Crippen molar-refractivity contribution in [2.45, 2.75) is 0 Å². The summed E-state index contributed by atoms with van der Waals surface area (Å²) in [5.74, 6) is 1.64. The number of rotatable bonds is 2. The average molecular weight is 202 g/mol. The van der Waals surface area contributed by atoms with Crippen molar-refractivity contribution in [1.29, 1.82) is 0 Å². The Hall–Kier alpha value is -1.84. The third-order valence-corrected chi connectivity index (χ3v) is 2.08. The van der Waals surface area contributed by atoms with Crippen molar-refractivity contribution in [3.05, 3.63) is 48.5 Å². The first-order valence-corrected chi connectivity index (χ1v) is 4.76. The Labute approximate surface area is 88.3 Å². The van der Waals surface area contributed by atoms with Crippen molar-refractivity contribution in [3.8, 4) is 11.5 Å². The summed E-state index contributed by atoms with van der Waals surface area (Å²) in [6.07, 6.45) is 0. The van der Waals surface area contributed by atoms with E-state index in [1.54, 1.807) is 0 Å². The maximum Gasteiger partial charge on any atom is 0.128 e. The molecule has 6 N–H and O–H groups in total. The van der Waals surface area contributed by atoms with Gasteiger partial charge in [0.25, 0.3) is 0 Å². The third kappa shape index (κ3) is 2.56. The van der Waals surface area contributed by atoms with Gasteiger partial charge >= 0.3 is 0 Å². The average Bonchev–Trinajstić information content (AvgIpc) is 2.25. The van der Waals surface area contributed by atoms with Crippen LogP contribution in [0.2, 0.25) is 0 Å². The van der Waals surface area contributed by atoms with Gasteiger partial charge in [-0.05, 0) is 24.3 Å². The molecule has 0 aromatic heterocycles. The largest absolute Gasteiger partial charge is 0.457 e. The summed E-state index contributed by atoms with van der Waals surface area (Å²) < 4.78 is 5.63. The van der Waals surface area contributed by atoms with Crippen LogP contribution < -0.4 is 16.2 Å². The zero-order chi connectivity index (χ0) is 10.7. The second-order valence-corrected chi connectivity index (χ2v) is 3.39. The van der Waals surface area contributed by atoms with Gasteiger partial charge in [0.1, 0.15) is 22.9 Å². The minimum atomic E-state index is 0.819. The van der Waals surface area contributed by atoms with Crippen LogP contribution in [-0.4, -0.2) is 0 Å². The van der Waals surface area contributed by atoms with Gasteiger partial charge in [0.2, 0.25) is 0 Å². The lowest BCUT2D eigenvalue weighted by molar-refractivity contribution is -0.255. The number of ether oxygens (including phenoxy) is 1. The van der Waals surface area contributed by atoms with Gasteiger partial charge in [0, 0.05) is 24.3 Å². The molecule has 0 amide bonds. The highest BCUT2D eigenvalue weighted by atomic mass is 16.5. The predicted molar refractivity (Wildman–Crippen MR) is 58.1 cm³/mol. The molecule has 15 heavy (non-hydrogen) atoms. The van der Waals surface area contributed by atoms with Crippen molar-refractivity contribution in [1.82, 2.24) is 0 Å². The first-order valence-electron chi connectivity index (χ1n) is 4.76. The van der Waals surface area contributed by atoms with Crippen LogP contribution in [-0.2, 0) is 0 Å². The lowest BCUT2D eigenvalue weighted by Crippen LogP contribution is -2.39. The van der Waals surface area contributed by atoms with E-state index < -0.39 is 0 Å². The van der Waals surface area contributed by atoms with E-state index in [2.05, 4.69) is 11.5 Å². The summed E-state index contributed by atoms with van der Waals surface area (Å²) in [4.78, 5) is 0. The molecule has 0 bridgehead atoms. The maximum atomic E-state index is 5.63. The van der Waals surface area contributed by atoms with Gasteiger partial charge < -0.3 is 16.2 Å². The lowest BCUT2D eigenvalue weighted by Gasteiger charge is -2.04. The van der Waals surface area contributed by atoms with Gasteiger partial charge in [-0.2, -0.15) is 0 Å². The smallest absolute Gasteiger partial charge is 0.128 e. The van der Waals surface area contributed by atoms with E-state index in [4.69, 9.17) is 4.74 Å².